The van der Waals surface area contributed by atoms with Gasteiger partial charge in [0, 0.05) is 6.07 Å². The third-order valence-electron chi connectivity index (χ3n) is 4.00. The van der Waals surface area contributed by atoms with E-state index in [-0.39, 0.29) is 23.5 Å². The lowest BCUT2D eigenvalue weighted by Gasteiger charge is -2.13. The van der Waals surface area contributed by atoms with Crippen molar-refractivity contribution in [2.24, 2.45) is 0 Å². The van der Waals surface area contributed by atoms with Gasteiger partial charge in [-0.2, -0.15) is 5.10 Å². The van der Waals surface area contributed by atoms with Crippen LogP contribution in [0.2, 0.25) is 0 Å². The fourth-order valence-corrected chi connectivity index (χ4v) is 5.51. The molecule has 0 aliphatic carbocycles. The standard InChI is InChI=1S/C15H20N4O3S2/c1-4-12-14(23-10(3)16-12)15(20)17-13-7-9(2)18-19(13)11-5-6-24(21,22)8-11/h7,11H,4-6,8H2,1-3H3,(H,17,20)/t11-/m1/s1. The molecule has 2 aromatic heterocycles. The van der Waals surface area contributed by atoms with Crippen molar-refractivity contribution in [1.82, 2.24) is 14.8 Å². The number of nitrogens with zero attached hydrogens (tertiary/aromatic N) is 3. The van der Waals surface area contributed by atoms with Gasteiger partial charge in [0.05, 0.1) is 33.9 Å². The van der Waals surface area contributed by atoms with E-state index in [0.29, 0.717) is 23.5 Å². The second-order valence-electron chi connectivity index (χ2n) is 5.99. The summed E-state index contributed by atoms with van der Waals surface area (Å²) in [7, 11) is -3.02. The highest BCUT2D eigenvalue weighted by Crippen LogP contribution is 2.28. The van der Waals surface area contributed by atoms with Crippen molar-refractivity contribution in [1.29, 1.82) is 0 Å². The number of nitrogens with one attached hydrogen (secondary N) is 1. The van der Waals surface area contributed by atoms with Crippen LogP contribution in [-0.2, 0) is 16.3 Å². The van der Waals surface area contributed by atoms with Crippen LogP contribution in [-0.4, -0.2) is 40.6 Å². The second kappa shape index (κ2) is 6.29. The molecule has 0 saturated carbocycles. The van der Waals surface area contributed by atoms with Gasteiger partial charge in [0.25, 0.3) is 5.91 Å². The summed E-state index contributed by atoms with van der Waals surface area (Å²) in [4.78, 5) is 17.6. The molecule has 7 nitrogen and oxygen atoms in total. The Bertz CT molecular complexity index is 883. The Morgan fingerprint density at radius 1 is 1.46 bits per heavy atom. The lowest BCUT2D eigenvalue weighted by Crippen LogP contribution is -2.19. The normalized spacial score (nSPS) is 19.5. The van der Waals surface area contributed by atoms with Gasteiger partial charge < -0.3 is 5.32 Å². The molecular formula is C15H20N4O3S2. The Kier molecular flexibility index (Phi) is 4.48. The number of aryl methyl sites for hydroxylation is 3. The van der Waals surface area contributed by atoms with Crippen molar-refractivity contribution in [3.63, 3.8) is 0 Å². The topological polar surface area (TPSA) is 93.9 Å². The van der Waals surface area contributed by atoms with Crippen molar-refractivity contribution in [2.45, 2.75) is 39.7 Å². The number of carbonyl (C=O) groups is 1. The average molecular weight is 368 g/mol. The van der Waals surface area contributed by atoms with Crippen molar-refractivity contribution < 1.29 is 13.2 Å². The van der Waals surface area contributed by atoms with E-state index in [0.717, 1.165) is 16.4 Å². The van der Waals surface area contributed by atoms with Crippen molar-refractivity contribution in [2.75, 3.05) is 16.8 Å². The van der Waals surface area contributed by atoms with Crippen LogP contribution in [0.4, 0.5) is 5.82 Å². The van der Waals surface area contributed by atoms with Gasteiger partial charge in [0.15, 0.2) is 9.84 Å². The van der Waals surface area contributed by atoms with E-state index in [9.17, 15) is 13.2 Å². The minimum atomic E-state index is -3.02. The maximum Gasteiger partial charge on any atom is 0.268 e. The Balaban J connectivity index is 1.87. The third-order valence-corrected chi connectivity index (χ3v) is 6.76. The summed E-state index contributed by atoms with van der Waals surface area (Å²) >= 11 is 1.36. The summed E-state index contributed by atoms with van der Waals surface area (Å²) in [6, 6.07) is 1.54. The monoisotopic (exact) mass is 368 g/mol. The molecule has 0 spiro atoms. The molecule has 3 heterocycles. The summed E-state index contributed by atoms with van der Waals surface area (Å²) in [5.41, 5.74) is 1.52. The average Bonchev–Trinajstić information content (AvgIpc) is 3.16. The number of amides is 1. The van der Waals surface area contributed by atoms with E-state index in [1.54, 1.807) is 10.7 Å². The predicted octanol–water partition coefficient (Wildman–Crippen LogP) is 2.13. The zero-order valence-corrected chi connectivity index (χ0v) is 15.5. The maximum atomic E-state index is 12.6. The van der Waals surface area contributed by atoms with Crippen LogP contribution < -0.4 is 5.32 Å². The Hall–Kier alpha value is -1.74. The largest absolute Gasteiger partial charge is 0.306 e. The molecule has 3 rings (SSSR count). The molecule has 0 unspecified atom stereocenters. The summed E-state index contributed by atoms with van der Waals surface area (Å²) in [5, 5.41) is 8.11. The van der Waals surface area contributed by atoms with Crippen molar-refractivity contribution >= 4 is 32.9 Å². The number of anilines is 1. The number of hydrogen-bond acceptors (Lipinski definition) is 6. The molecular weight excluding hydrogens is 348 g/mol. The summed E-state index contributed by atoms with van der Waals surface area (Å²) in [5.74, 6) is 0.543. The fourth-order valence-electron chi connectivity index (χ4n) is 2.92. The first-order valence-corrected chi connectivity index (χ1v) is 10.5. The first-order chi connectivity index (χ1) is 11.3. The van der Waals surface area contributed by atoms with Crippen LogP contribution >= 0.6 is 11.3 Å². The van der Waals surface area contributed by atoms with E-state index in [1.807, 2.05) is 20.8 Å². The predicted molar refractivity (Wildman–Crippen MR) is 93.5 cm³/mol. The molecule has 9 heteroatoms. The van der Waals surface area contributed by atoms with Gasteiger partial charge in [-0.05, 0) is 26.7 Å². The number of hydrogen-bond donors (Lipinski definition) is 1. The molecule has 1 amide bonds. The number of rotatable bonds is 4. The molecule has 1 aliphatic rings. The van der Waals surface area contributed by atoms with Gasteiger partial charge in [-0.1, -0.05) is 6.92 Å². The van der Waals surface area contributed by atoms with Gasteiger partial charge in [0.2, 0.25) is 0 Å². The van der Waals surface area contributed by atoms with Gasteiger partial charge in [-0.25, -0.2) is 18.1 Å². The highest BCUT2D eigenvalue weighted by Gasteiger charge is 2.31. The molecule has 0 aromatic carbocycles. The van der Waals surface area contributed by atoms with Gasteiger partial charge >= 0.3 is 0 Å². The lowest BCUT2D eigenvalue weighted by atomic mass is 10.2. The smallest absolute Gasteiger partial charge is 0.268 e. The second-order valence-corrected chi connectivity index (χ2v) is 9.42. The van der Waals surface area contributed by atoms with Crippen LogP contribution in [0, 0.1) is 13.8 Å². The van der Waals surface area contributed by atoms with Crippen molar-refractivity contribution in [3.05, 3.63) is 27.3 Å². The molecule has 0 radical (unpaired) electrons. The summed E-state index contributed by atoms with van der Waals surface area (Å²) in [6.07, 6.45) is 1.21. The molecule has 130 valence electrons. The third kappa shape index (κ3) is 3.36. The van der Waals surface area contributed by atoms with Crippen LogP contribution in [0.25, 0.3) is 0 Å². The van der Waals surface area contributed by atoms with E-state index >= 15 is 0 Å². The van der Waals surface area contributed by atoms with E-state index in [4.69, 9.17) is 0 Å². The van der Waals surface area contributed by atoms with Gasteiger partial charge in [-0.15, -0.1) is 11.3 Å². The highest BCUT2D eigenvalue weighted by atomic mass is 32.2. The van der Waals surface area contributed by atoms with Gasteiger partial charge in [-0.3, -0.25) is 4.79 Å². The number of aromatic nitrogens is 3. The zero-order chi connectivity index (χ0) is 17.5. The summed E-state index contributed by atoms with van der Waals surface area (Å²) < 4.78 is 25.1. The number of thiazole rings is 1. The quantitative estimate of drug-likeness (QED) is 0.892. The first kappa shape index (κ1) is 17.1. The molecule has 1 atom stereocenters. The SMILES string of the molecule is CCc1nc(C)sc1C(=O)Nc1cc(C)nn1[C@@H]1CCS(=O)(=O)C1. The molecule has 1 saturated heterocycles. The van der Waals surface area contributed by atoms with Gasteiger partial charge in [0.1, 0.15) is 10.7 Å². The van der Waals surface area contributed by atoms with Crippen LogP contribution in [0.3, 0.4) is 0 Å². The Morgan fingerprint density at radius 2 is 2.21 bits per heavy atom. The van der Waals surface area contributed by atoms with E-state index in [2.05, 4.69) is 15.4 Å². The summed E-state index contributed by atoms with van der Waals surface area (Å²) in [6.45, 7) is 5.66. The molecule has 2 aromatic rings. The minimum absolute atomic E-state index is 0.0663. The molecule has 1 aliphatic heterocycles. The minimum Gasteiger partial charge on any atom is -0.306 e. The van der Waals surface area contributed by atoms with E-state index in [1.165, 1.54) is 11.3 Å². The zero-order valence-electron chi connectivity index (χ0n) is 13.9. The Morgan fingerprint density at radius 3 is 2.83 bits per heavy atom. The van der Waals surface area contributed by atoms with Crippen molar-refractivity contribution in [3.8, 4) is 0 Å². The molecule has 0 bridgehead atoms. The molecule has 1 N–H and O–H groups in total. The maximum absolute atomic E-state index is 12.6. The fraction of sp³-hybridized carbons (Fsp3) is 0.533. The molecule has 1 fully saturated rings. The number of sulfone groups is 1. The molecule has 24 heavy (non-hydrogen) atoms. The Labute approximate surface area is 145 Å². The highest BCUT2D eigenvalue weighted by molar-refractivity contribution is 7.91. The van der Waals surface area contributed by atoms with Crippen LogP contribution in [0.1, 0.15) is 45.5 Å². The lowest BCUT2D eigenvalue weighted by molar-refractivity contribution is 0.102. The van der Waals surface area contributed by atoms with Crippen LogP contribution in [0.5, 0.6) is 0 Å². The first-order valence-electron chi connectivity index (χ1n) is 7.83. The van der Waals surface area contributed by atoms with Crippen LogP contribution in [0.15, 0.2) is 6.07 Å². The number of carbonyl (C=O) groups excluding carboxylic acids is 1. The van der Waals surface area contributed by atoms with E-state index < -0.39 is 9.84 Å².